The first-order valence-corrected chi connectivity index (χ1v) is 4.16. The Bertz CT molecular complexity index is 471. The molecule has 0 aromatic carbocycles. The van der Waals surface area contributed by atoms with Gasteiger partial charge in [-0.2, -0.15) is 0 Å². The first-order chi connectivity index (χ1) is 6.18. The maximum Gasteiger partial charge on any atom is 0.153 e. The summed E-state index contributed by atoms with van der Waals surface area (Å²) >= 11 is 11.6. The highest BCUT2D eigenvalue weighted by Gasteiger charge is 2.06. The van der Waals surface area contributed by atoms with E-state index in [0.717, 1.165) is 0 Å². The number of rotatable bonds is 0. The number of nitrogens with two attached hydrogens (primary N) is 1. The van der Waals surface area contributed by atoms with E-state index in [1.165, 1.54) is 12.4 Å². The second kappa shape index (κ2) is 2.97. The highest BCUT2D eigenvalue weighted by atomic mass is 35.5. The SMILES string of the molecule is Nc1ncnc2c(Cl)cc(Cl)nc12. The third-order valence-corrected chi connectivity index (χ3v) is 2.02. The van der Waals surface area contributed by atoms with Crippen LogP contribution in [0, 0.1) is 0 Å². The number of anilines is 1. The smallest absolute Gasteiger partial charge is 0.153 e. The summed E-state index contributed by atoms with van der Waals surface area (Å²) in [7, 11) is 0. The summed E-state index contributed by atoms with van der Waals surface area (Å²) < 4.78 is 0. The van der Waals surface area contributed by atoms with Gasteiger partial charge in [-0.1, -0.05) is 23.2 Å². The average Bonchev–Trinajstić information content (AvgIpc) is 2.07. The molecule has 2 aromatic heterocycles. The highest BCUT2D eigenvalue weighted by molar-refractivity contribution is 6.37. The lowest BCUT2D eigenvalue weighted by molar-refractivity contribution is 1.20. The van der Waals surface area contributed by atoms with Crippen molar-refractivity contribution in [2.45, 2.75) is 0 Å². The molecule has 2 aromatic rings. The number of pyridine rings is 1. The van der Waals surface area contributed by atoms with Crippen LogP contribution >= 0.6 is 23.2 Å². The van der Waals surface area contributed by atoms with Gasteiger partial charge in [-0.25, -0.2) is 15.0 Å². The van der Waals surface area contributed by atoms with Crippen molar-refractivity contribution in [1.29, 1.82) is 0 Å². The van der Waals surface area contributed by atoms with Gasteiger partial charge in [-0.05, 0) is 6.07 Å². The summed E-state index contributed by atoms with van der Waals surface area (Å²) in [6.07, 6.45) is 1.33. The van der Waals surface area contributed by atoms with Gasteiger partial charge in [0.25, 0.3) is 0 Å². The first kappa shape index (κ1) is 8.47. The zero-order chi connectivity index (χ0) is 9.42. The molecule has 2 N–H and O–H groups in total. The third kappa shape index (κ3) is 1.38. The van der Waals surface area contributed by atoms with E-state index in [0.29, 0.717) is 16.1 Å². The van der Waals surface area contributed by atoms with Gasteiger partial charge in [-0.3, -0.25) is 0 Å². The van der Waals surface area contributed by atoms with Crippen LogP contribution in [0.5, 0.6) is 0 Å². The van der Waals surface area contributed by atoms with Crippen LogP contribution in [-0.4, -0.2) is 15.0 Å². The number of hydrogen-bond donors (Lipinski definition) is 1. The molecule has 4 nitrogen and oxygen atoms in total. The molecule has 13 heavy (non-hydrogen) atoms. The molecule has 0 radical (unpaired) electrons. The van der Waals surface area contributed by atoms with Crippen LogP contribution in [0.2, 0.25) is 10.2 Å². The Balaban J connectivity index is 2.94. The van der Waals surface area contributed by atoms with Crippen molar-refractivity contribution in [2.24, 2.45) is 0 Å². The van der Waals surface area contributed by atoms with E-state index >= 15 is 0 Å². The van der Waals surface area contributed by atoms with Crippen LogP contribution in [0.4, 0.5) is 5.82 Å². The molecule has 0 amide bonds. The minimum absolute atomic E-state index is 0.273. The Morgan fingerprint density at radius 1 is 1.15 bits per heavy atom. The van der Waals surface area contributed by atoms with Gasteiger partial charge in [0.15, 0.2) is 5.82 Å². The molecule has 0 aliphatic carbocycles. The Morgan fingerprint density at radius 2 is 1.92 bits per heavy atom. The fourth-order valence-electron chi connectivity index (χ4n) is 0.989. The Kier molecular flexibility index (Phi) is 1.94. The molecule has 0 atom stereocenters. The van der Waals surface area contributed by atoms with Gasteiger partial charge >= 0.3 is 0 Å². The lowest BCUT2D eigenvalue weighted by atomic mass is 10.3. The molecule has 0 saturated heterocycles. The second-order valence-electron chi connectivity index (χ2n) is 2.38. The van der Waals surface area contributed by atoms with Crippen LogP contribution < -0.4 is 5.73 Å². The maximum absolute atomic E-state index is 5.86. The summed E-state index contributed by atoms with van der Waals surface area (Å²) in [5.41, 5.74) is 6.51. The van der Waals surface area contributed by atoms with Gasteiger partial charge in [0.05, 0.1) is 5.02 Å². The van der Waals surface area contributed by atoms with Crippen LogP contribution in [0.25, 0.3) is 11.0 Å². The Morgan fingerprint density at radius 3 is 2.69 bits per heavy atom. The quantitative estimate of drug-likeness (QED) is 0.681. The summed E-state index contributed by atoms with van der Waals surface area (Å²) in [6, 6.07) is 1.51. The van der Waals surface area contributed by atoms with Crippen molar-refractivity contribution >= 4 is 40.1 Å². The lowest BCUT2D eigenvalue weighted by Gasteiger charge is -2.00. The van der Waals surface area contributed by atoms with Crippen LogP contribution in [0.3, 0.4) is 0 Å². The molecule has 0 unspecified atom stereocenters. The number of nitrogens with zero attached hydrogens (tertiary/aromatic N) is 3. The number of aromatic nitrogens is 3. The molecule has 0 fully saturated rings. The van der Waals surface area contributed by atoms with E-state index < -0.39 is 0 Å². The summed E-state index contributed by atoms with van der Waals surface area (Å²) in [4.78, 5) is 11.7. The number of halogens is 2. The molecule has 2 rings (SSSR count). The van der Waals surface area contributed by atoms with Gasteiger partial charge in [0, 0.05) is 0 Å². The molecule has 0 aliphatic heterocycles. The van der Waals surface area contributed by atoms with Crippen molar-refractivity contribution in [2.75, 3.05) is 5.73 Å². The largest absolute Gasteiger partial charge is 0.382 e. The summed E-state index contributed by atoms with van der Waals surface area (Å²) in [5, 5.41) is 0.697. The van der Waals surface area contributed by atoms with Gasteiger partial charge in [0.1, 0.15) is 22.5 Å². The standard InChI is InChI=1S/C7H4Cl2N4/c8-3-1-4(9)13-6-5(3)11-2-12-7(6)10/h1-2H,(H2,10,11,12). The van der Waals surface area contributed by atoms with E-state index in [1.807, 2.05) is 0 Å². The monoisotopic (exact) mass is 214 g/mol. The van der Waals surface area contributed by atoms with Crippen molar-refractivity contribution in [3.63, 3.8) is 0 Å². The Hall–Kier alpha value is -1.13. The lowest BCUT2D eigenvalue weighted by Crippen LogP contribution is -1.95. The molecule has 0 bridgehead atoms. The molecule has 2 heterocycles. The predicted octanol–water partition coefficient (Wildman–Crippen LogP) is 1.91. The normalized spacial score (nSPS) is 10.6. The van der Waals surface area contributed by atoms with E-state index in [4.69, 9.17) is 28.9 Å². The fourth-order valence-corrected chi connectivity index (χ4v) is 1.48. The first-order valence-electron chi connectivity index (χ1n) is 3.40. The van der Waals surface area contributed by atoms with Crippen LogP contribution in [0.15, 0.2) is 12.4 Å². The molecule has 0 aliphatic rings. The highest BCUT2D eigenvalue weighted by Crippen LogP contribution is 2.25. The van der Waals surface area contributed by atoms with Crippen molar-refractivity contribution in [1.82, 2.24) is 15.0 Å². The van der Waals surface area contributed by atoms with E-state index in [1.54, 1.807) is 0 Å². The zero-order valence-electron chi connectivity index (χ0n) is 6.33. The third-order valence-electron chi connectivity index (χ3n) is 1.54. The van der Waals surface area contributed by atoms with Crippen molar-refractivity contribution in [3.8, 4) is 0 Å². The minimum atomic E-state index is 0.273. The molecule has 66 valence electrons. The molecule has 0 saturated carbocycles. The Labute approximate surface area is 83.7 Å². The van der Waals surface area contributed by atoms with Gasteiger partial charge < -0.3 is 5.73 Å². The van der Waals surface area contributed by atoms with Crippen molar-refractivity contribution < 1.29 is 0 Å². The maximum atomic E-state index is 5.86. The van der Waals surface area contributed by atoms with Gasteiger partial charge in [0.2, 0.25) is 0 Å². The van der Waals surface area contributed by atoms with E-state index in [2.05, 4.69) is 15.0 Å². The molecular formula is C7H4Cl2N4. The number of fused-ring (bicyclic) bond motifs is 1. The topological polar surface area (TPSA) is 64.7 Å². The van der Waals surface area contributed by atoms with Gasteiger partial charge in [-0.15, -0.1) is 0 Å². The van der Waals surface area contributed by atoms with Crippen LogP contribution in [0.1, 0.15) is 0 Å². The number of hydrogen-bond acceptors (Lipinski definition) is 4. The fraction of sp³-hybridized carbons (Fsp3) is 0. The molecular weight excluding hydrogens is 211 g/mol. The molecule has 0 spiro atoms. The van der Waals surface area contributed by atoms with E-state index in [-0.39, 0.29) is 11.0 Å². The summed E-state index contributed by atoms with van der Waals surface area (Å²) in [5.74, 6) is 0.273. The summed E-state index contributed by atoms with van der Waals surface area (Å²) in [6.45, 7) is 0. The van der Waals surface area contributed by atoms with Crippen LogP contribution in [-0.2, 0) is 0 Å². The zero-order valence-corrected chi connectivity index (χ0v) is 7.84. The number of nitrogen functional groups attached to an aromatic ring is 1. The average molecular weight is 215 g/mol. The van der Waals surface area contributed by atoms with Crippen molar-refractivity contribution in [3.05, 3.63) is 22.6 Å². The minimum Gasteiger partial charge on any atom is -0.382 e. The molecule has 6 heteroatoms. The predicted molar refractivity (Wildman–Crippen MR) is 51.8 cm³/mol. The van der Waals surface area contributed by atoms with E-state index in [9.17, 15) is 0 Å². The second-order valence-corrected chi connectivity index (χ2v) is 3.18.